The molecule has 0 N–H and O–H groups in total. The van der Waals surface area contributed by atoms with Crippen LogP contribution in [0.5, 0.6) is 0 Å². The molecule has 0 aliphatic rings. The lowest BCUT2D eigenvalue weighted by Gasteiger charge is -2.15. The van der Waals surface area contributed by atoms with Crippen molar-refractivity contribution in [1.82, 2.24) is 0 Å². The van der Waals surface area contributed by atoms with E-state index in [9.17, 15) is 0 Å². The lowest BCUT2D eigenvalue weighted by molar-refractivity contribution is 1.27. The molecular formula is C14H24SSi. The number of hydrogen-bond acceptors (Lipinski definition) is 1. The van der Waals surface area contributed by atoms with Crippen LogP contribution in [-0.2, 0) is 5.75 Å². The minimum Gasteiger partial charge on any atom is -0.157 e. The molecule has 0 aliphatic carbocycles. The van der Waals surface area contributed by atoms with Crippen LogP contribution in [-0.4, -0.2) is 13.8 Å². The van der Waals surface area contributed by atoms with Gasteiger partial charge in [0.25, 0.3) is 0 Å². The van der Waals surface area contributed by atoms with E-state index in [1.165, 1.54) is 34.2 Å². The van der Waals surface area contributed by atoms with E-state index in [2.05, 4.69) is 63.4 Å². The van der Waals surface area contributed by atoms with Crippen LogP contribution in [0.2, 0.25) is 25.7 Å². The number of thioether (sulfide) groups is 1. The minimum absolute atomic E-state index is 0.839. The summed E-state index contributed by atoms with van der Waals surface area (Å²) in [5.74, 6) is 2.50. The zero-order chi connectivity index (χ0) is 12.2. The average molecular weight is 252 g/mol. The molecule has 0 bridgehead atoms. The predicted molar refractivity (Wildman–Crippen MR) is 80.2 cm³/mol. The number of benzene rings is 1. The van der Waals surface area contributed by atoms with Gasteiger partial charge in [0.15, 0.2) is 0 Å². The number of rotatable bonds is 5. The van der Waals surface area contributed by atoms with Crippen LogP contribution in [0.1, 0.15) is 16.7 Å². The zero-order valence-corrected chi connectivity index (χ0v) is 13.1. The van der Waals surface area contributed by atoms with Gasteiger partial charge in [0.05, 0.1) is 0 Å². The second-order valence-corrected chi connectivity index (χ2v) is 12.5. The molecule has 0 aromatic heterocycles. The first kappa shape index (κ1) is 13.9. The van der Waals surface area contributed by atoms with Gasteiger partial charge in [-0.2, -0.15) is 11.8 Å². The van der Waals surface area contributed by atoms with Gasteiger partial charge in [0, 0.05) is 13.8 Å². The Morgan fingerprint density at radius 1 is 1.12 bits per heavy atom. The summed E-state index contributed by atoms with van der Waals surface area (Å²) in [4.78, 5) is 0. The van der Waals surface area contributed by atoms with E-state index in [1.807, 2.05) is 0 Å². The summed E-state index contributed by atoms with van der Waals surface area (Å²) in [5.41, 5.74) is 4.32. The molecule has 1 aromatic carbocycles. The van der Waals surface area contributed by atoms with Crippen LogP contribution in [0.25, 0.3) is 0 Å². The molecule has 0 amide bonds. The highest BCUT2D eigenvalue weighted by molar-refractivity contribution is 7.98. The molecule has 0 spiro atoms. The zero-order valence-electron chi connectivity index (χ0n) is 11.3. The normalized spacial score (nSPS) is 11.8. The quantitative estimate of drug-likeness (QED) is 0.532. The third-order valence-corrected chi connectivity index (χ3v) is 5.87. The van der Waals surface area contributed by atoms with Crippen molar-refractivity contribution in [2.24, 2.45) is 0 Å². The van der Waals surface area contributed by atoms with Gasteiger partial charge >= 0.3 is 0 Å². The first-order valence-electron chi connectivity index (χ1n) is 6.02. The van der Waals surface area contributed by atoms with Gasteiger partial charge in [0.2, 0.25) is 0 Å². The van der Waals surface area contributed by atoms with Crippen molar-refractivity contribution in [1.29, 1.82) is 0 Å². The smallest absolute Gasteiger partial charge is 0.0450 e. The largest absolute Gasteiger partial charge is 0.157 e. The fourth-order valence-electron chi connectivity index (χ4n) is 1.57. The van der Waals surface area contributed by atoms with Gasteiger partial charge in [-0.3, -0.25) is 0 Å². The first-order chi connectivity index (χ1) is 7.38. The van der Waals surface area contributed by atoms with Crippen molar-refractivity contribution in [2.75, 3.05) is 5.75 Å². The Bertz CT molecular complexity index is 339. The molecular weight excluding hydrogens is 228 g/mol. The topological polar surface area (TPSA) is 0 Å². The third-order valence-electron chi connectivity index (χ3n) is 2.75. The summed E-state index contributed by atoms with van der Waals surface area (Å²) in [7, 11) is -0.839. The van der Waals surface area contributed by atoms with Gasteiger partial charge in [-0.05, 0) is 36.8 Å². The van der Waals surface area contributed by atoms with Crippen LogP contribution in [0.4, 0.5) is 0 Å². The van der Waals surface area contributed by atoms with E-state index < -0.39 is 8.07 Å². The van der Waals surface area contributed by atoms with E-state index in [0.29, 0.717) is 0 Å². The summed E-state index contributed by atoms with van der Waals surface area (Å²) >= 11 is 2.09. The van der Waals surface area contributed by atoms with Crippen molar-refractivity contribution >= 4 is 19.8 Å². The Labute approximate surface area is 106 Å². The number of aryl methyl sites for hydroxylation is 2. The van der Waals surface area contributed by atoms with Crippen LogP contribution in [0.15, 0.2) is 18.2 Å². The van der Waals surface area contributed by atoms with Crippen molar-refractivity contribution in [3.63, 3.8) is 0 Å². The van der Waals surface area contributed by atoms with Gasteiger partial charge < -0.3 is 0 Å². The van der Waals surface area contributed by atoms with Crippen LogP contribution in [0.3, 0.4) is 0 Å². The summed E-state index contributed by atoms with van der Waals surface area (Å²) < 4.78 is 0. The molecule has 0 heterocycles. The monoisotopic (exact) mass is 252 g/mol. The fraction of sp³-hybridized carbons (Fsp3) is 0.571. The third kappa shape index (κ3) is 5.22. The highest BCUT2D eigenvalue weighted by Crippen LogP contribution is 2.20. The Morgan fingerprint density at radius 3 is 2.38 bits per heavy atom. The summed E-state index contributed by atoms with van der Waals surface area (Å²) in [6.45, 7) is 11.7. The van der Waals surface area contributed by atoms with Crippen LogP contribution in [0, 0.1) is 13.8 Å². The highest BCUT2D eigenvalue weighted by atomic mass is 32.2. The van der Waals surface area contributed by atoms with Crippen molar-refractivity contribution in [2.45, 2.75) is 45.3 Å². The molecule has 0 aliphatic heterocycles. The fourth-order valence-corrected chi connectivity index (χ4v) is 5.28. The lowest BCUT2D eigenvalue weighted by Crippen LogP contribution is -2.19. The maximum Gasteiger partial charge on any atom is 0.0450 e. The van der Waals surface area contributed by atoms with Crippen LogP contribution >= 0.6 is 11.8 Å². The highest BCUT2D eigenvalue weighted by Gasteiger charge is 2.11. The standard InChI is InChI=1S/C14H24SSi/c1-12-6-7-14(13(2)10-12)11-15-8-9-16(3,4)5/h6-7,10H,8-9,11H2,1-5H3. The molecule has 0 saturated heterocycles. The molecule has 0 nitrogen and oxygen atoms in total. The molecule has 16 heavy (non-hydrogen) atoms. The maximum absolute atomic E-state index is 2.45. The molecule has 90 valence electrons. The molecule has 0 unspecified atom stereocenters. The molecule has 0 saturated carbocycles. The summed E-state index contributed by atoms with van der Waals surface area (Å²) in [6.07, 6.45) is 0. The minimum atomic E-state index is -0.839. The van der Waals surface area contributed by atoms with E-state index in [-0.39, 0.29) is 0 Å². The number of hydrogen-bond donors (Lipinski definition) is 0. The van der Waals surface area contributed by atoms with Crippen molar-refractivity contribution in [3.8, 4) is 0 Å². The first-order valence-corrected chi connectivity index (χ1v) is 10.9. The Kier molecular flexibility index (Phi) is 5.13. The second-order valence-electron chi connectivity index (χ2n) is 5.79. The lowest BCUT2D eigenvalue weighted by atomic mass is 10.1. The predicted octanol–water partition coefficient (Wildman–Crippen LogP) is 4.87. The van der Waals surface area contributed by atoms with Crippen molar-refractivity contribution in [3.05, 3.63) is 34.9 Å². The molecule has 1 aromatic rings. The average Bonchev–Trinajstić information content (AvgIpc) is 2.13. The van der Waals surface area contributed by atoms with Crippen LogP contribution < -0.4 is 0 Å². The Hall–Kier alpha value is -0.213. The second kappa shape index (κ2) is 5.92. The summed E-state index contributed by atoms with van der Waals surface area (Å²) in [6, 6.07) is 8.23. The Morgan fingerprint density at radius 2 is 1.81 bits per heavy atom. The molecule has 0 radical (unpaired) electrons. The molecule has 1 rings (SSSR count). The van der Waals surface area contributed by atoms with E-state index in [4.69, 9.17) is 0 Å². The molecule has 0 fully saturated rings. The van der Waals surface area contributed by atoms with Gasteiger partial charge in [-0.15, -0.1) is 0 Å². The Balaban J connectivity index is 2.38. The van der Waals surface area contributed by atoms with Gasteiger partial charge in [-0.1, -0.05) is 43.4 Å². The summed E-state index contributed by atoms with van der Waals surface area (Å²) in [5, 5.41) is 0. The SMILES string of the molecule is Cc1ccc(CSCC[Si](C)(C)C)c(C)c1. The van der Waals surface area contributed by atoms with E-state index >= 15 is 0 Å². The van der Waals surface area contributed by atoms with E-state index in [0.717, 1.165) is 0 Å². The van der Waals surface area contributed by atoms with E-state index in [1.54, 1.807) is 0 Å². The van der Waals surface area contributed by atoms with Gasteiger partial charge in [0.1, 0.15) is 0 Å². The van der Waals surface area contributed by atoms with Crippen molar-refractivity contribution < 1.29 is 0 Å². The molecule has 2 heteroatoms. The molecule has 0 atom stereocenters. The van der Waals surface area contributed by atoms with Gasteiger partial charge in [-0.25, -0.2) is 0 Å². The maximum atomic E-state index is 2.45.